The number of ether oxygens (including phenoxy) is 4. The molecule has 1 heterocycles. The number of nitrogens with zero attached hydrogens (tertiary/aromatic N) is 1. The average molecular weight is 510 g/mol. The number of anilines is 1. The number of oxazole rings is 1. The summed E-state index contributed by atoms with van der Waals surface area (Å²) in [6, 6.07) is 14.9. The minimum atomic E-state index is -0.631. The van der Waals surface area contributed by atoms with Crippen LogP contribution in [0.1, 0.15) is 10.4 Å². The summed E-state index contributed by atoms with van der Waals surface area (Å²) < 4.78 is 29.5. The molecule has 36 heavy (non-hydrogen) atoms. The zero-order chi connectivity index (χ0) is 25.7. The number of para-hydroxylation sites is 2. The molecule has 0 aliphatic rings. The van der Waals surface area contributed by atoms with Gasteiger partial charge < -0.3 is 28.7 Å². The topological polar surface area (TPSA) is 121 Å². The smallest absolute Gasteiger partial charge is 0.329 e. The van der Waals surface area contributed by atoms with E-state index in [0.29, 0.717) is 57.7 Å². The van der Waals surface area contributed by atoms with Gasteiger partial charge in [-0.25, -0.2) is 9.78 Å². The Morgan fingerprint density at radius 3 is 2.19 bits per heavy atom. The van der Waals surface area contributed by atoms with E-state index in [1.807, 2.05) is 24.3 Å². The molecular weight excluding hydrogens is 486 g/mol. The van der Waals surface area contributed by atoms with Crippen molar-refractivity contribution in [1.82, 2.24) is 9.71 Å². The number of methoxy groups -OCH3 is 4. The summed E-state index contributed by atoms with van der Waals surface area (Å²) in [5, 5.41) is 2.25. The predicted octanol–water partition coefficient (Wildman–Crippen LogP) is 5.14. The number of fused-ring (bicyclic) bond motifs is 1. The second-order valence-corrected chi connectivity index (χ2v) is 8.04. The maximum atomic E-state index is 12.7. The Kier molecular flexibility index (Phi) is 7.50. The van der Waals surface area contributed by atoms with E-state index in [-0.39, 0.29) is 5.56 Å². The lowest BCUT2D eigenvalue weighted by Crippen LogP contribution is -2.24. The highest BCUT2D eigenvalue weighted by atomic mass is 32.2. The first-order valence-electron chi connectivity index (χ1n) is 10.6. The summed E-state index contributed by atoms with van der Waals surface area (Å²) in [6.45, 7) is 0. The number of aromatic nitrogens is 1. The molecule has 0 aliphatic heterocycles. The third-order valence-electron chi connectivity index (χ3n) is 5.13. The molecule has 0 aliphatic carbocycles. The number of carbonyl (C=O) groups excluding carboxylic acids is 2. The first-order valence-corrected chi connectivity index (χ1v) is 11.4. The Labute approximate surface area is 211 Å². The molecule has 0 unspecified atom stereocenters. The second kappa shape index (κ2) is 10.9. The van der Waals surface area contributed by atoms with Crippen molar-refractivity contribution in [2.24, 2.45) is 0 Å². The van der Waals surface area contributed by atoms with Gasteiger partial charge in [0.15, 0.2) is 17.1 Å². The van der Waals surface area contributed by atoms with Gasteiger partial charge in [0.2, 0.25) is 16.8 Å². The Morgan fingerprint density at radius 2 is 1.56 bits per heavy atom. The molecule has 2 amide bonds. The number of hydrogen-bond acceptors (Lipinski definition) is 9. The third-order valence-corrected chi connectivity index (χ3v) is 5.83. The number of hydrogen-bond donors (Lipinski definition) is 2. The van der Waals surface area contributed by atoms with Gasteiger partial charge in [-0.1, -0.05) is 12.1 Å². The molecule has 3 aromatic carbocycles. The molecule has 4 aromatic rings. The second-order valence-electron chi connectivity index (χ2n) is 7.26. The van der Waals surface area contributed by atoms with Crippen LogP contribution in [0.15, 0.2) is 59.0 Å². The molecule has 11 heteroatoms. The lowest BCUT2D eigenvalue weighted by Gasteiger charge is -2.14. The number of amides is 2. The molecular formula is C25H23N3O7S. The van der Waals surface area contributed by atoms with Crippen LogP contribution in [-0.4, -0.2) is 44.6 Å². The van der Waals surface area contributed by atoms with Crippen LogP contribution in [0.3, 0.4) is 0 Å². The summed E-state index contributed by atoms with van der Waals surface area (Å²) in [6.07, 6.45) is 0. The zero-order valence-electron chi connectivity index (χ0n) is 19.9. The van der Waals surface area contributed by atoms with Gasteiger partial charge in [-0.15, -0.1) is 0 Å². The van der Waals surface area contributed by atoms with E-state index in [1.54, 1.807) is 18.2 Å². The molecule has 10 nitrogen and oxygen atoms in total. The molecule has 186 valence electrons. The Bertz CT molecular complexity index is 1360. The minimum absolute atomic E-state index is 0.255. The van der Waals surface area contributed by atoms with Crippen molar-refractivity contribution >= 4 is 39.9 Å². The van der Waals surface area contributed by atoms with Crippen molar-refractivity contribution in [2.75, 3.05) is 33.8 Å². The molecule has 0 spiro atoms. The highest BCUT2D eigenvalue weighted by Crippen LogP contribution is 2.39. The first kappa shape index (κ1) is 24.7. The third kappa shape index (κ3) is 5.15. The van der Waals surface area contributed by atoms with E-state index in [0.717, 1.165) is 5.52 Å². The van der Waals surface area contributed by atoms with Crippen LogP contribution in [0.25, 0.3) is 22.6 Å². The molecule has 0 saturated heterocycles. The van der Waals surface area contributed by atoms with E-state index < -0.39 is 11.1 Å². The fourth-order valence-electron chi connectivity index (χ4n) is 3.43. The Balaban J connectivity index is 1.48. The summed E-state index contributed by atoms with van der Waals surface area (Å²) in [5.74, 6) is 1.83. The Hall–Kier alpha value is -4.38. The fraction of sp³-hybridized carbons (Fsp3) is 0.160. The maximum Gasteiger partial charge on any atom is 0.329 e. The van der Waals surface area contributed by atoms with Gasteiger partial charge in [0, 0.05) is 23.1 Å². The van der Waals surface area contributed by atoms with Crippen molar-refractivity contribution in [1.29, 1.82) is 0 Å². The molecule has 0 radical (unpaired) electrons. The lowest BCUT2D eigenvalue weighted by molar-refractivity contribution is 0.108. The Morgan fingerprint density at radius 1 is 0.861 bits per heavy atom. The quantitative estimate of drug-likeness (QED) is 0.326. The van der Waals surface area contributed by atoms with Crippen LogP contribution < -0.4 is 29.0 Å². The number of benzene rings is 3. The van der Waals surface area contributed by atoms with Crippen molar-refractivity contribution in [2.45, 2.75) is 0 Å². The van der Waals surface area contributed by atoms with Gasteiger partial charge in [-0.3, -0.25) is 9.52 Å². The SMILES string of the molecule is COc1ccc(-c2nc3ccccc3o2)cc1NC(=O)NSC(=O)c1cc(OC)c(OC)c(OC)c1. The average Bonchev–Trinajstić information content (AvgIpc) is 3.35. The normalized spacial score (nSPS) is 10.6. The van der Waals surface area contributed by atoms with Crippen LogP contribution in [-0.2, 0) is 0 Å². The molecule has 0 saturated carbocycles. The first-order chi connectivity index (χ1) is 17.5. The molecule has 0 bridgehead atoms. The summed E-state index contributed by atoms with van der Waals surface area (Å²) >= 11 is 0.601. The predicted molar refractivity (Wildman–Crippen MR) is 136 cm³/mol. The van der Waals surface area contributed by atoms with Crippen molar-refractivity contribution in [3.8, 4) is 34.5 Å². The number of urea groups is 1. The van der Waals surface area contributed by atoms with Crippen molar-refractivity contribution < 1.29 is 33.0 Å². The van der Waals surface area contributed by atoms with Gasteiger partial charge in [-0.2, -0.15) is 0 Å². The van der Waals surface area contributed by atoms with Gasteiger partial charge in [-0.05, 0) is 42.5 Å². The maximum absolute atomic E-state index is 12.7. The van der Waals surface area contributed by atoms with Gasteiger partial charge in [0.25, 0.3) is 0 Å². The number of carbonyl (C=O) groups is 2. The van der Waals surface area contributed by atoms with E-state index in [4.69, 9.17) is 23.4 Å². The summed E-state index contributed by atoms with van der Waals surface area (Å²) in [4.78, 5) is 29.8. The van der Waals surface area contributed by atoms with Crippen LogP contribution in [0.4, 0.5) is 10.5 Å². The summed E-state index contributed by atoms with van der Waals surface area (Å²) in [7, 11) is 5.86. The number of nitrogens with one attached hydrogen (secondary N) is 2. The van der Waals surface area contributed by atoms with E-state index in [9.17, 15) is 9.59 Å². The highest BCUT2D eigenvalue weighted by molar-refractivity contribution is 8.12. The molecule has 0 atom stereocenters. The molecule has 1 aromatic heterocycles. The molecule has 4 rings (SSSR count). The van der Waals surface area contributed by atoms with Gasteiger partial charge >= 0.3 is 6.03 Å². The van der Waals surface area contributed by atoms with E-state index in [1.165, 1.54) is 40.6 Å². The minimum Gasteiger partial charge on any atom is -0.495 e. The van der Waals surface area contributed by atoms with Crippen LogP contribution in [0.5, 0.6) is 23.0 Å². The van der Waals surface area contributed by atoms with Crippen LogP contribution >= 0.6 is 11.9 Å². The standard InChI is InChI=1S/C25H23N3O7S/c1-31-18-10-9-14(23-26-16-7-5-6-8-19(16)35-23)11-17(18)27-25(30)28-36-24(29)15-12-20(32-2)22(34-4)21(13-15)33-3/h5-13H,1-4H3,(H2,27,28,30). The number of rotatable bonds is 7. The zero-order valence-corrected chi connectivity index (χ0v) is 20.7. The lowest BCUT2D eigenvalue weighted by atomic mass is 10.2. The van der Waals surface area contributed by atoms with Crippen molar-refractivity contribution in [3.63, 3.8) is 0 Å². The molecule has 0 fully saturated rings. The van der Waals surface area contributed by atoms with E-state index >= 15 is 0 Å². The van der Waals surface area contributed by atoms with Gasteiger partial charge in [0.05, 0.1) is 34.1 Å². The fourth-order valence-corrected chi connectivity index (χ4v) is 3.90. The molecule has 2 N–H and O–H groups in total. The highest BCUT2D eigenvalue weighted by Gasteiger charge is 2.19. The largest absolute Gasteiger partial charge is 0.495 e. The summed E-state index contributed by atoms with van der Waals surface area (Å²) in [5.41, 5.74) is 2.64. The van der Waals surface area contributed by atoms with Crippen molar-refractivity contribution in [3.05, 3.63) is 60.2 Å². The van der Waals surface area contributed by atoms with Gasteiger partial charge in [0.1, 0.15) is 11.3 Å². The monoisotopic (exact) mass is 509 g/mol. The van der Waals surface area contributed by atoms with Crippen LogP contribution in [0.2, 0.25) is 0 Å². The van der Waals surface area contributed by atoms with Crippen LogP contribution in [0, 0.1) is 0 Å². The van der Waals surface area contributed by atoms with E-state index in [2.05, 4.69) is 15.0 Å².